The normalized spacial score (nSPS) is 22.6. The Kier molecular flexibility index (Phi) is 2.89. The molecule has 20 heavy (non-hydrogen) atoms. The zero-order chi connectivity index (χ0) is 13.4. The van der Waals surface area contributed by atoms with Crippen LogP contribution >= 0.6 is 0 Å². The van der Waals surface area contributed by atoms with Crippen LogP contribution < -0.4 is 4.74 Å². The topological polar surface area (TPSA) is 53.7 Å². The number of rotatable bonds is 2. The molecule has 1 aromatic carbocycles. The van der Waals surface area contributed by atoms with Gasteiger partial charge in [-0.25, -0.2) is 0 Å². The minimum atomic E-state index is -0.342. The van der Waals surface area contributed by atoms with Crippen LogP contribution in [-0.2, 0) is 9.47 Å². The Labute approximate surface area is 116 Å². The summed E-state index contributed by atoms with van der Waals surface area (Å²) >= 11 is 0. The minimum Gasteiger partial charge on any atom is -0.472 e. The van der Waals surface area contributed by atoms with Gasteiger partial charge in [0.15, 0.2) is 11.4 Å². The van der Waals surface area contributed by atoms with Crippen LogP contribution in [0.4, 0.5) is 0 Å². The van der Waals surface area contributed by atoms with Crippen molar-refractivity contribution in [3.63, 3.8) is 0 Å². The molecule has 106 valence electrons. The van der Waals surface area contributed by atoms with Gasteiger partial charge in [-0.3, -0.25) is 0 Å². The van der Waals surface area contributed by atoms with E-state index in [4.69, 9.17) is 18.7 Å². The van der Waals surface area contributed by atoms with E-state index in [1.807, 2.05) is 24.3 Å². The van der Waals surface area contributed by atoms with E-state index in [-0.39, 0.29) is 11.9 Å². The summed E-state index contributed by atoms with van der Waals surface area (Å²) in [6, 6.07) is 7.75. The van der Waals surface area contributed by atoms with E-state index >= 15 is 0 Å². The molecule has 4 rings (SSSR count). The van der Waals surface area contributed by atoms with E-state index in [0.29, 0.717) is 19.1 Å². The molecule has 0 unspecified atom stereocenters. The van der Waals surface area contributed by atoms with Gasteiger partial charge in [-0.15, -0.1) is 0 Å². The van der Waals surface area contributed by atoms with Crippen molar-refractivity contribution in [1.82, 2.24) is 5.16 Å². The summed E-state index contributed by atoms with van der Waals surface area (Å²) in [5.41, 5.74) is 0.761. The molecule has 1 spiro atoms. The Bertz CT molecular complexity index is 593. The summed E-state index contributed by atoms with van der Waals surface area (Å²) in [5, 5.41) is 4.95. The van der Waals surface area contributed by atoms with Crippen molar-refractivity contribution < 1.29 is 18.7 Å². The zero-order valence-electron chi connectivity index (χ0n) is 11.2. The Morgan fingerprint density at radius 3 is 2.65 bits per heavy atom. The SMILES string of the molecule is c1ccc2c(OC3CCC4(CC3)OCCO4)noc2c1. The molecule has 0 amide bonds. The number of para-hydroxylation sites is 1. The third-order valence-corrected chi connectivity index (χ3v) is 4.13. The molecule has 5 heteroatoms. The smallest absolute Gasteiger partial charge is 0.262 e. The van der Waals surface area contributed by atoms with E-state index in [1.54, 1.807) is 0 Å². The van der Waals surface area contributed by atoms with E-state index in [9.17, 15) is 0 Å². The molecule has 1 aliphatic carbocycles. The fourth-order valence-corrected chi connectivity index (χ4v) is 3.04. The quantitative estimate of drug-likeness (QED) is 0.843. The first-order chi connectivity index (χ1) is 9.85. The van der Waals surface area contributed by atoms with Crippen molar-refractivity contribution in [2.45, 2.75) is 37.6 Å². The molecule has 0 radical (unpaired) electrons. The molecule has 1 aliphatic heterocycles. The molecule has 1 aromatic heterocycles. The summed E-state index contributed by atoms with van der Waals surface area (Å²) in [4.78, 5) is 0. The summed E-state index contributed by atoms with van der Waals surface area (Å²) in [5.74, 6) is 0.251. The molecule has 1 saturated heterocycles. The number of benzene rings is 1. The highest BCUT2D eigenvalue weighted by atomic mass is 16.7. The zero-order valence-corrected chi connectivity index (χ0v) is 11.2. The molecule has 0 atom stereocenters. The van der Waals surface area contributed by atoms with Crippen LogP contribution in [0.25, 0.3) is 11.0 Å². The van der Waals surface area contributed by atoms with Gasteiger partial charge >= 0.3 is 0 Å². The third-order valence-electron chi connectivity index (χ3n) is 4.13. The average molecular weight is 275 g/mol. The number of ether oxygens (including phenoxy) is 3. The average Bonchev–Trinajstić information content (AvgIpc) is 3.10. The van der Waals surface area contributed by atoms with Crippen molar-refractivity contribution in [1.29, 1.82) is 0 Å². The van der Waals surface area contributed by atoms with Crippen molar-refractivity contribution in [2.75, 3.05) is 13.2 Å². The molecule has 2 aliphatic rings. The summed E-state index contributed by atoms with van der Waals surface area (Å²) in [6.45, 7) is 1.42. The standard InChI is InChI=1S/C15H17NO4/c1-2-4-13-12(3-1)14(16-20-13)19-11-5-7-15(8-6-11)17-9-10-18-15/h1-4,11H,5-10H2. The number of aromatic nitrogens is 1. The third kappa shape index (κ3) is 2.07. The van der Waals surface area contributed by atoms with Gasteiger partial charge in [0.25, 0.3) is 5.88 Å². The number of hydrogen-bond acceptors (Lipinski definition) is 5. The van der Waals surface area contributed by atoms with Gasteiger partial charge in [0.2, 0.25) is 0 Å². The second-order valence-electron chi connectivity index (χ2n) is 5.41. The van der Waals surface area contributed by atoms with Crippen molar-refractivity contribution in [3.05, 3.63) is 24.3 Å². The lowest BCUT2D eigenvalue weighted by Crippen LogP contribution is -2.38. The second-order valence-corrected chi connectivity index (χ2v) is 5.41. The lowest BCUT2D eigenvalue weighted by molar-refractivity contribution is -0.186. The highest BCUT2D eigenvalue weighted by molar-refractivity contribution is 5.81. The van der Waals surface area contributed by atoms with Crippen LogP contribution in [0.15, 0.2) is 28.8 Å². The van der Waals surface area contributed by atoms with E-state index in [2.05, 4.69) is 5.16 Å². The summed E-state index contributed by atoms with van der Waals surface area (Å²) < 4.78 is 22.7. The molecular formula is C15H17NO4. The molecule has 5 nitrogen and oxygen atoms in total. The summed E-state index contributed by atoms with van der Waals surface area (Å²) in [7, 11) is 0. The highest BCUT2D eigenvalue weighted by Gasteiger charge is 2.41. The lowest BCUT2D eigenvalue weighted by Gasteiger charge is -2.34. The second kappa shape index (κ2) is 4.75. The van der Waals surface area contributed by atoms with Crippen LogP contribution in [-0.4, -0.2) is 30.3 Å². The van der Waals surface area contributed by atoms with Crippen LogP contribution in [0.3, 0.4) is 0 Å². The predicted octanol–water partition coefficient (Wildman–Crippen LogP) is 2.89. The number of hydrogen-bond donors (Lipinski definition) is 0. The Morgan fingerprint density at radius 1 is 1.10 bits per heavy atom. The van der Waals surface area contributed by atoms with E-state index in [1.165, 1.54) is 0 Å². The van der Waals surface area contributed by atoms with Gasteiger partial charge in [-0.05, 0) is 30.1 Å². The highest BCUT2D eigenvalue weighted by Crippen LogP contribution is 2.37. The van der Waals surface area contributed by atoms with Crippen LogP contribution in [0, 0.1) is 0 Å². The monoisotopic (exact) mass is 275 g/mol. The Balaban J connectivity index is 1.45. The first-order valence-corrected chi connectivity index (χ1v) is 7.14. The molecule has 2 aromatic rings. The largest absolute Gasteiger partial charge is 0.472 e. The van der Waals surface area contributed by atoms with E-state index < -0.39 is 0 Å². The number of nitrogens with zero attached hydrogens (tertiary/aromatic N) is 1. The first kappa shape index (κ1) is 12.2. The van der Waals surface area contributed by atoms with Crippen LogP contribution in [0.5, 0.6) is 5.88 Å². The van der Waals surface area contributed by atoms with Gasteiger partial charge in [0, 0.05) is 12.8 Å². The molecule has 2 fully saturated rings. The van der Waals surface area contributed by atoms with Gasteiger partial charge in [0.05, 0.1) is 18.6 Å². The van der Waals surface area contributed by atoms with Gasteiger partial charge < -0.3 is 18.7 Å². The predicted molar refractivity (Wildman–Crippen MR) is 71.5 cm³/mol. The van der Waals surface area contributed by atoms with E-state index in [0.717, 1.165) is 36.7 Å². The van der Waals surface area contributed by atoms with Crippen molar-refractivity contribution >= 4 is 11.0 Å². The molecule has 1 saturated carbocycles. The van der Waals surface area contributed by atoms with Gasteiger partial charge in [0.1, 0.15) is 6.10 Å². The number of fused-ring (bicyclic) bond motifs is 1. The fraction of sp³-hybridized carbons (Fsp3) is 0.533. The first-order valence-electron chi connectivity index (χ1n) is 7.14. The molecule has 0 bridgehead atoms. The molecular weight excluding hydrogens is 258 g/mol. The van der Waals surface area contributed by atoms with Crippen LogP contribution in [0.2, 0.25) is 0 Å². The van der Waals surface area contributed by atoms with Gasteiger partial charge in [-0.1, -0.05) is 12.1 Å². The summed E-state index contributed by atoms with van der Waals surface area (Å²) in [6.07, 6.45) is 3.76. The maximum absolute atomic E-state index is 6.00. The van der Waals surface area contributed by atoms with Crippen LogP contribution in [0.1, 0.15) is 25.7 Å². The van der Waals surface area contributed by atoms with Crippen molar-refractivity contribution in [3.8, 4) is 5.88 Å². The minimum absolute atomic E-state index is 0.155. The molecule has 2 heterocycles. The fourth-order valence-electron chi connectivity index (χ4n) is 3.04. The van der Waals surface area contributed by atoms with Gasteiger partial charge in [-0.2, -0.15) is 0 Å². The Hall–Kier alpha value is -1.59. The lowest BCUT2D eigenvalue weighted by atomic mass is 9.92. The maximum atomic E-state index is 6.00. The molecule has 0 N–H and O–H groups in total. The maximum Gasteiger partial charge on any atom is 0.262 e. The van der Waals surface area contributed by atoms with Crippen molar-refractivity contribution in [2.24, 2.45) is 0 Å². The Morgan fingerprint density at radius 2 is 1.85 bits per heavy atom.